The maximum atomic E-state index is 12.0. The fourth-order valence-corrected chi connectivity index (χ4v) is 1.38. The van der Waals surface area contributed by atoms with Gasteiger partial charge in [0.1, 0.15) is 6.10 Å². The van der Waals surface area contributed by atoms with Crippen LogP contribution in [0.25, 0.3) is 0 Å². The average molecular weight is 228 g/mol. The zero-order chi connectivity index (χ0) is 12.8. The molecule has 0 saturated carbocycles. The molecular formula is C14H28O2. The van der Waals surface area contributed by atoms with E-state index in [-0.39, 0.29) is 17.5 Å². The van der Waals surface area contributed by atoms with E-state index in [1.165, 1.54) is 12.8 Å². The molecule has 0 saturated heterocycles. The van der Waals surface area contributed by atoms with Gasteiger partial charge in [-0.2, -0.15) is 0 Å². The van der Waals surface area contributed by atoms with E-state index in [2.05, 4.69) is 20.8 Å². The average Bonchev–Trinajstić information content (AvgIpc) is 2.17. The molecule has 0 rings (SSSR count). The Balaban J connectivity index is 4.13. The molecule has 1 atom stereocenters. The van der Waals surface area contributed by atoms with E-state index in [9.17, 15) is 4.79 Å². The highest BCUT2D eigenvalue weighted by Crippen LogP contribution is 2.26. The summed E-state index contributed by atoms with van der Waals surface area (Å²) in [7, 11) is 0. The molecule has 16 heavy (non-hydrogen) atoms. The number of hydrogen-bond donors (Lipinski definition) is 0. The Morgan fingerprint density at radius 3 is 2.19 bits per heavy atom. The molecule has 2 nitrogen and oxygen atoms in total. The first-order chi connectivity index (χ1) is 7.31. The number of ether oxygens (including phenoxy) is 1. The lowest BCUT2D eigenvalue weighted by Crippen LogP contribution is -2.31. The second kappa shape index (κ2) is 6.93. The molecule has 96 valence electrons. The standard InChI is InChI=1S/C14H28O2/c1-7-8-9-10-14(5,6)13(15)16-12(4)11(2)3/h11-12H,7-10H2,1-6H3. The SMILES string of the molecule is CCCCCC(C)(C)C(=O)OC(C)C(C)C. The van der Waals surface area contributed by atoms with Gasteiger partial charge in [0.05, 0.1) is 5.41 Å². The minimum atomic E-state index is -0.335. The molecule has 0 radical (unpaired) electrons. The van der Waals surface area contributed by atoms with E-state index < -0.39 is 0 Å². The van der Waals surface area contributed by atoms with Crippen LogP contribution in [0.4, 0.5) is 0 Å². The normalized spacial score (nSPS) is 13.9. The van der Waals surface area contributed by atoms with Crippen molar-refractivity contribution < 1.29 is 9.53 Å². The van der Waals surface area contributed by atoms with Crippen LogP contribution in [0.15, 0.2) is 0 Å². The van der Waals surface area contributed by atoms with Crippen LogP contribution in [-0.4, -0.2) is 12.1 Å². The number of carbonyl (C=O) groups excluding carboxylic acids is 1. The van der Waals surface area contributed by atoms with Crippen LogP contribution in [0.2, 0.25) is 0 Å². The molecule has 0 spiro atoms. The van der Waals surface area contributed by atoms with E-state index in [1.807, 2.05) is 20.8 Å². The molecule has 1 unspecified atom stereocenters. The lowest BCUT2D eigenvalue weighted by molar-refractivity contribution is -0.161. The zero-order valence-corrected chi connectivity index (χ0v) is 11.8. The van der Waals surface area contributed by atoms with Crippen LogP contribution in [0.3, 0.4) is 0 Å². The van der Waals surface area contributed by atoms with E-state index in [4.69, 9.17) is 4.74 Å². The summed E-state index contributed by atoms with van der Waals surface area (Å²) in [5.41, 5.74) is -0.335. The number of unbranched alkanes of at least 4 members (excludes halogenated alkanes) is 2. The van der Waals surface area contributed by atoms with Crippen molar-refractivity contribution >= 4 is 5.97 Å². The topological polar surface area (TPSA) is 26.3 Å². The van der Waals surface area contributed by atoms with Crippen molar-refractivity contribution in [3.63, 3.8) is 0 Å². The van der Waals surface area contributed by atoms with Gasteiger partial charge in [-0.1, -0.05) is 40.0 Å². The summed E-state index contributed by atoms with van der Waals surface area (Å²) in [5, 5.41) is 0. The van der Waals surface area contributed by atoms with Crippen LogP contribution in [0, 0.1) is 11.3 Å². The molecule has 0 aliphatic rings. The minimum Gasteiger partial charge on any atom is -0.462 e. The van der Waals surface area contributed by atoms with E-state index >= 15 is 0 Å². The van der Waals surface area contributed by atoms with Crippen molar-refractivity contribution in [1.29, 1.82) is 0 Å². The number of rotatable bonds is 7. The van der Waals surface area contributed by atoms with E-state index in [0.29, 0.717) is 5.92 Å². The maximum absolute atomic E-state index is 12.0. The fraction of sp³-hybridized carbons (Fsp3) is 0.929. The van der Waals surface area contributed by atoms with Crippen molar-refractivity contribution in [1.82, 2.24) is 0 Å². The summed E-state index contributed by atoms with van der Waals surface area (Å²) in [5.74, 6) is 0.334. The van der Waals surface area contributed by atoms with Crippen LogP contribution in [0.1, 0.15) is 67.2 Å². The third-order valence-corrected chi connectivity index (χ3v) is 3.19. The predicted octanol–water partition coefficient (Wildman–Crippen LogP) is 4.18. The maximum Gasteiger partial charge on any atom is 0.311 e. The molecular weight excluding hydrogens is 200 g/mol. The Morgan fingerprint density at radius 1 is 1.19 bits per heavy atom. The van der Waals surface area contributed by atoms with E-state index in [0.717, 1.165) is 12.8 Å². The summed E-state index contributed by atoms with van der Waals surface area (Å²) in [6.45, 7) is 12.2. The van der Waals surface area contributed by atoms with Gasteiger partial charge in [0, 0.05) is 0 Å². The molecule has 0 aromatic carbocycles. The summed E-state index contributed by atoms with van der Waals surface area (Å²) in [6.07, 6.45) is 4.42. The largest absolute Gasteiger partial charge is 0.462 e. The van der Waals surface area contributed by atoms with Gasteiger partial charge >= 0.3 is 5.97 Å². The number of carbonyl (C=O) groups is 1. The molecule has 0 aliphatic carbocycles. The first-order valence-electron chi connectivity index (χ1n) is 6.52. The molecule has 0 aromatic heterocycles. The lowest BCUT2D eigenvalue weighted by atomic mass is 9.87. The lowest BCUT2D eigenvalue weighted by Gasteiger charge is -2.26. The van der Waals surface area contributed by atoms with Crippen molar-refractivity contribution in [2.45, 2.75) is 73.3 Å². The molecule has 0 amide bonds. The first kappa shape index (κ1) is 15.5. The Bertz CT molecular complexity index is 207. The van der Waals surface area contributed by atoms with E-state index in [1.54, 1.807) is 0 Å². The second-order valence-corrected chi connectivity index (χ2v) is 5.70. The first-order valence-corrected chi connectivity index (χ1v) is 6.52. The monoisotopic (exact) mass is 228 g/mol. The number of hydrogen-bond acceptors (Lipinski definition) is 2. The fourth-order valence-electron chi connectivity index (χ4n) is 1.38. The molecule has 0 bridgehead atoms. The summed E-state index contributed by atoms with van der Waals surface area (Å²) >= 11 is 0. The molecule has 0 aliphatic heterocycles. The van der Waals surface area contributed by atoms with Crippen molar-refractivity contribution in [2.75, 3.05) is 0 Å². The molecule has 0 fully saturated rings. The van der Waals surface area contributed by atoms with Crippen molar-refractivity contribution in [2.24, 2.45) is 11.3 Å². The number of esters is 1. The molecule has 0 N–H and O–H groups in total. The quantitative estimate of drug-likeness (QED) is 0.482. The smallest absolute Gasteiger partial charge is 0.311 e. The molecule has 2 heteroatoms. The Morgan fingerprint density at radius 2 is 1.75 bits per heavy atom. The third-order valence-electron chi connectivity index (χ3n) is 3.19. The van der Waals surface area contributed by atoms with Crippen molar-refractivity contribution in [3.8, 4) is 0 Å². The van der Waals surface area contributed by atoms with Crippen LogP contribution in [0.5, 0.6) is 0 Å². The van der Waals surface area contributed by atoms with Crippen LogP contribution in [-0.2, 0) is 9.53 Å². The van der Waals surface area contributed by atoms with Gasteiger partial charge in [-0.3, -0.25) is 4.79 Å². The Hall–Kier alpha value is -0.530. The minimum absolute atomic E-state index is 0.0120. The summed E-state index contributed by atoms with van der Waals surface area (Å²) in [4.78, 5) is 12.0. The van der Waals surface area contributed by atoms with Gasteiger partial charge in [0.15, 0.2) is 0 Å². The summed E-state index contributed by atoms with van der Waals surface area (Å²) < 4.78 is 5.47. The highest BCUT2D eigenvalue weighted by Gasteiger charge is 2.30. The predicted molar refractivity (Wildman–Crippen MR) is 68.3 cm³/mol. The summed E-state index contributed by atoms with van der Waals surface area (Å²) in [6, 6.07) is 0. The zero-order valence-electron chi connectivity index (χ0n) is 11.8. The van der Waals surface area contributed by atoms with Gasteiger partial charge < -0.3 is 4.74 Å². The van der Waals surface area contributed by atoms with Gasteiger partial charge in [-0.05, 0) is 33.1 Å². The Labute approximate surface area is 101 Å². The van der Waals surface area contributed by atoms with Gasteiger partial charge in [-0.25, -0.2) is 0 Å². The van der Waals surface area contributed by atoms with Gasteiger partial charge in [0.25, 0.3) is 0 Å². The molecule has 0 heterocycles. The third kappa shape index (κ3) is 5.53. The van der Waals surface area contributed by atoms with Gasteiger partial charge in [0.2, 0.25) is 0 Å². The highest BCUT2D eigenvalue weighted by atomic mass is 16.5. The second-order valence-electron chi connectivity index (χ2n) is 5.70. The Kier molecular flexibility index (Phi) is 6.70. The van der Waals surface area contributed by atoms with Crippen molar-refractivity contribution in [3.05, 3.63) is 0 Å². The highest BCUT2D eigenvalue weighted by molar-refractivity contribution is 5.76. The van der Waals surface area contributed by atoms with Gasteiger partial charge in [-0.15, -0.1) is 0 Å². The van der Waals surface area contributed by atoms with Crippen LogP contribution >= 0.6 is 0 Å². The van der Waals surface area contributed by atoms with Crippen LogP contribution < -0.4 is 0 Å². The molecule has 0 aromatic rings.